The molecule has 0 spiro atoms. The maximum absolute atomic E-state index is 12.1. The van der Waals surface area contributed by atoms with Gasteiger partial charge in [0.15, 0.2) is 0 Å². The van der Waals surface area contributed by atoms with Gasteiger partial charge in [0.25, 0.3) is 0 Å². The van der Waals surface area contributed by atoms with Gasteiger partial charge in [-0.1, -0.05) is 12.1 Å². The Balaban J connectivity index is 2.46. The fourth-order valence-corrected chi connectivity index (χ4v) is 2.07. The Morgan fingerprint density at radius 1 is 1.23 bits per heavy atom. The molecule has 1 rings (SSSR count). The first-order chi connectivity index (χ1) is 10.5. The lowest BCUT2D eigenvalue weighted by Crippen LogP contribution is -2.40. The van der Waals surface area contributed by atoms with E-state index in [1.165, 1.54) is 4.90 Å². The lowest BCUT2D eigenvalue weighted by atomic mass is 10.1. The average Bonchev–Trinajstić information content (AvgIpc) is 2.48. The number of benzene rings is 1. The molecule has 0 unspecified atom stereocenters. The zero-order valence-corrected chi connectivity index (χ0v) is 13.9. The largest absolute Gasteiger partial charge is 0.493 e. The van der Waals surface area contributed by atoms with Gasteiger partial charge < -0.3 is 15.0 Å². The molecule has 5 nitrogen and oxygen atoms in total. The monoisotopic (exact) mass is 306 g/mol. The molecule has 0 saturated heterocycles. The van der Waals surface area contributed by atoms with Gasteiger partial charge in [0.2, 0.25) is 11.8 Å². The summed E-state index contributed by atoms with van der Waals surface area (Å²) in [4.78, 5) is 25.2. The number of aryl methyl sites for hydroxylation is 2. The van der Waals surface area contributed by atoms with E-state index >= 15 is 0 Å². The Morgan fingerprint density at radius 3 is 2.59 bits per heavy atom. The van der Waals surface area contributed by atoms with Crippen LogP contribution in [0.4, 0.5) is 0 Å². The lowest BCUT2D eigenvalue weighted by molar-refractivity contribution is -0.136. The van der Waals surface area contributed by atoms with Gasteiger partial charge in [-0.2, -0.15) is 0 Å². The topological polar surface area (TPSA) is 58.6 Å². The molecule has 0 radical (unpaired) electrons. The van der Waals surface area contributed by atoms with Gasteiger partial charge in [-0.05, 0) is 44.9 Å². The second-order valence-electron chi connectivity index (χ2n) is 5.23. The molecule has 122 valence electrons. The van der Waals surface area contributed by atoms with Crippen LogP contribution in [0.15, 0.2) is 18.2 Å². The van der Waals surface area contributed by atoms with Crippen LogP contribution >= 0.6 is 0 Å². The summed E-state index contributed by atoms with van der Waals surface area (Å²) in [6.45, 7) is 9.20. The van der Waals surface area contributed by atoms with Gasteiger partial charge in [-0.25, -0.2) is 0 Å². The minimum Gasteiger partial charge on any atom is -0.493 e. The molecule has 0 aliphatic heterocycles. The Morgan fingerprint density at radius 2 is 1.95 bits per heavy atom. The summed E-state index contributed by atoms with van der Waals surface area (Å²) in [7, 11) is 0. The van der Waals surface area contributed by atoms with Crippen molar-refractivity contribution in [3.63, 3.8) is 0 Å². The predicted octanol–water partition coefficient (Wildman–Crippen LogP) is 2.06. The maximum Gasteiger partial charge on any atom is 0.239 e. The van der Waals surface area contributed by atoms with Crippen molar-refractivity contribution in [2.45, 2.75) is 34.1 Å². The highest BCUT2D eigenvalue weighted by atomic mass is 16.5. The summed E-state index contributed by atoms with van der Waals surface area (Å²) in [5.74, 6) is 0.604. The molecule has 0 heterocycles. The van der Waals surface area contributed by atoms with Crippen LogP contribution in [-0.2, 0) is 9.59 Å². The molecule has 0 saturated carbocycles. The number of nitrogens with zero attached hydrogens (tertiary/aromatic N) is 1. The van der Waals surface area contributed by atoms with E-state index < -0.39 is 0 Å². The van der Waals surface area contributed by atoms with Gasteiger partial charge in [0.1, 0.15) is 5.75 Å². The molecule has 0 aliphatic carbocycles. The number of hydrogen-bond donors (Lipinski definition) is 1. The Labute approximate surface area is 132 Å². The molecule has 1 aromatic carbocycles. The summed E-state index contributed by atoms with van der Waals surface area (Å²) in [6, 6.07) is 5.99. The minimum absolute atomic E-state index is 0.0703. The van der Waals surface area contributed by atoms with Crippen molar-refractivity contribution >= 4 is 11.8 Å². The number of carbonyl (C=O) groups is 2. The lowest BCUT2D eigenvalue weighted by Gasteiger charge is -2.20. The van der Waals surface area contributed by atoms with E-state index in [1.807, 2.05) is 45.9 Å². The molecule has 0 fully saturated rings. The molecule has 0 bridgehead atoms. The summed E-state index contributed by atoms with van der Waals surface area (Å²) < 4.78 is 5.69. The minimum atomic E-state index is -0.131. The fraction of sp³-hybridized carbons (Fsp3) is 0.529. The van der Waals surface area contributed by atoms with Crippen molar-refractivity contribution in [1.29, 1.82) is 0 Å². The molecule has 0 atom stereocenters. The quantitative estimate of drug-likeness (QED) is 0.800. The zero-order valence-electron chi connectivity index (χ0n) is 13.9. The van der Waals surface area contributed by atoms with E-state index in [0.29, 0.717) is 19.7 Å². The van der Waals surface area contributed by atoms with Crippen molar-refractivity contribution in [3.05, 3.63) is 29.3 Å². The number of likely N-dealkylation sites (N-methyl/N-ethyl adjacent to an activating group) is 2. The maximum atomic E-state index is 12.1. The van der Waals surface area contributed by atoms with Crippen molar-refractivity contribution < 1.29 is 14.3 Å². The number of rotatable bonds is 8. The van der Waals surface area contributed by atoms with Gasteiger partial charge in [0.05, 0.1) is 19.6 Å². The SMILES string of the molecule is CCNC(=O)CN(CC)C(=O)CCOc1cc(C)ccc1C. The summed E-state index contributed by atoms with van der Waals surface area (Å²) in [5.41, 5.74) is 2.17. The fourth-order valence-electron chi connectivity index (χ4n) is 2.07. The van der Waals surface area contributed by atoms with Crippen LogP contribution in [0.2, 0.25) is 0 Å². The molecule has 22 heavy (non-hydrogen) atoms. The molecular weight excluding hydrogens is 280 g/mol. The van der Waals surface area contributed by atoms with Crippen LogP contribution in [0.5, 0.6) is 5.75 Å². The molecule has 2 amide bonds. The first kappa shape index (κ1) is 18.0. The number of ether oxygens (including phenoxy) is 1. The van der Waals surface area contributed by atoms with E-state index in [1.54, 1.807) is 0 Å². The van der Waals surface area contributed by atoms with Crippen molar-refractivity contribution in [2.75, 3.05) is 26.2 Å². The van der Waals surface area contributed by atoms with Crippen molar-refractivity contribution in [1.82, 2.24) is 10.2 Å². The van der Waals surface area contributed by atoms with Crippen molar-refractivity contribution in [3.8, 4) is 5.75 Å². The standard InChI is InChI=1S/C17H26N2O3/c1-5-18-16(20)12-19(6-2)17(21)9-10-22-15-11-13(3)7-8-14(15)4/h7-8,11H,5-6,9-10,12H2,1-4H3,(H,18,20). The third-order valence-corrected chi connectivity index (χ3v) is 3.36. The summed E-state index contributed by atoms with van der Waals surface area (Å²) in [5, 5.41) is 2.70. The third kappa shape index (κ3) is 5.76. The van der Waals surface area contributed by atoms with Gasteiger partial charge in [-0.15, -0.1) is 0 Å². The number of carbonyl (C=O) groups excluding carboxylic acids is 2. The van der Waals surface area contributed by atoms with E-state index in [-0.39, 0.29) is 24.8 Å². The van der Waals surface area contributed by atoms with Gasteiger partial charge in [-0.3, -0.25) is 9.59 Å². The van der Waals surface area contributed by atoms with Gasteiger partial charge in [0, 0.05) is 13.1 Å². The van der Waals surface area contributed by atoms with E-state index in [4.69, 9.17) is 4.74 Å². The Hall–Kier alpha value is -2.04. The summed E-state index contributed by atoms with van der Waals surface area (Å²) in [6.07, 6.45) is 0.265. The Bertz CT molecular complexity index is 515. The van der Waals surface area contributed by atoms with E-state index in [9.17, 15) is 9.59 Å². The number of hydrogen-bond acceptors (Lipinski definition) is 3. The van der Waals surface area contributed by atoms with Crippen LogP contribution in [-0.4, -0.2) is 43.0 Å². The van der Waals surface area contributed by atoms with Crippen LogP contribution < -0.4 is 10.1 Å². The summed E-state index contributed by atoms with van der Waals surface area (Å²) >= 11 is 0. The second-order valence-corrected chi connectivity index (χ2v) is 5.23. The third-order valence-electron chi connectivity index (χ3n) is 3.36. The molecule has 0 aromatic heterocycles. The van der Waals surface area contributed by atoms with Crippen molar-refractivity contribution in [2.24, 2.45) is 0 Å². The normalized spacial score (nSPS) is 10.2. The molecule has 1 aromatic rings. The second kappa shape index (κ2) is 9.07. The smallest absolute Gasteiger partial charge is 0.239 e. The first-order valence-corrected chi connectivity index (χ1v) is 7.72. The molecular formula is C17H26N2O3. The molecule has 0 aliphatic rings. The van der Waals surface area contributed by atoms with Crippen LogP contribution in [0.1, 0.15) is 31.4 Å². The molecule has 5 heteroatoms. The highest BCUT2D eigenvalue weighted by Gasteiger charge is 2.15. The van der Waals surface area contributed by atoms with Gasteiger partial charge >= 0.3 is 0 Å². The first-order valence-electron chi connectivity index (χ1n) is 7.72. The average molecular weight is 306 g/mol. The zero-order chi connectivity index (χ0) is 16.5. The van der Waals surface area contributed by atoms with Crippen LogP contribution in [0.25, 0.3) is 0 Å². The van der Waals surface area contributed by atoms with E-state index in [2.05, 4.69) is 5.32 Å². The van der Waals surface area contributed by atoms with Crippen LogP contribution in [0.3, 0.4) is 0 Å². The number of amides is 2. The highest BCUT2D eigenvalue weighted by Crippen LogP contribution is 2.19. The molecule has 1 N–H and O–H groups in total. The predicted molar refractivity (Wildman–Crippen MR) is 87.0 cm³/mol. The Kier molecular flexibility index (Phi) is 7.43. The van der Waals surface area contributed by atoms with Crippen LogP contribution in [0, 0.1) is 13.8 Å². The highest BCUT2D eigenvalue weighted by molar-refractivity contribution is 5.84. The number of nitrogens with one attached hydrogen (secondary N) is 1. The van der Waals surface area contributed by atoms with E-state index in [0.717, 1.165) is 16.9 Å².